The Bertz CT molecular complexity index is 1060. The van der Waals surface area contributed by atoms with E-state index in [1.165, 1.54) is 16.9 Å². The minimum Gasteiger partial charge on any atom is -0.397 e. The molecule has 0 saturated carbocycles. The molecule has 0 aliphatic rings. The zero-order chi connectivity index (χ0) is 17.9. The van der Waals surface area contributed by atoms with Gasteiger partial charge >= 0.3 is 0 Å². The van der Waals surface area contributed by atoms with Gasteiger partial charge in [0.25, 0.3) is 0 Å². The van der Waals surface area contributed by atoms with E-state index in [4.69, 9.17) is 5.73 Å². The monoisotopic (exact) mass is 359 g/mol. The van der Waals surface area contributed by atoms with Crippen LogP contribution >= 0.6 is 11.3 Å². The van der Waals surface area contributed by atoms with Gasteiger partial charge in [-0.05, 0) is 11.6 Å². The van der Waals surface area contributed by atoms with Crippen LogP contribution in [0.5, 0.6) is 0 Å². The van der Waals surface area contributed by atoms with Crippen LogP contribution in [0.2, 0.25) is 0 Å². The minimum atomic E-state index is -0.0693. The predicted octanol–water partition coefficient (Wildman–Crippen LogP) is 4.72. The molecule has 26 heavy (non-hydrogen) atoms. The van der Waals surface area contributed by atoms with Crippen molar-refractivity contribution < 1.29 is 4.79 Å². The van der Waals surface area contributed by atoms with Crippen molar-refractivity contribution in [3.05, 3.63) is 88.9 Å². The molecular weight excluding hydrogens is 342 g/mol. The van der Waals surface area contributed by atoms with Crippen LogP contribution in [0.1, 0.15) is 20.8 Å². The summed E-state index contributed by atoms with van der Waals surface area (Å²) in [4.78, 5) is 18.5. The molecule has 0 saturated heterocycles. The number of aromatic nitrogens is 1. The smallest absolute Gasteiger partial charge is 0.205 e. The fourth-order valence-corrected chi connectivity index (χ4v) is 3.93. The number of carbonyl (C=O) groups is 1. The van der Waals surface area contributed by atoms with Crippen LogP contribution in [0.4, 0.5) is 11.4 Å². The Balaban J connectivity index is 1.70. The second-order valence-corrected chi connectivity index (χ2v) is 6.92. The third kappa shape index (κ3) is 3.05. The topological polar surface area (TPSA) is 68.0 Å². The van der Waals surface area contributed by atoms with Crippen LogP contribution in [0.3, 0.4) is 0 Å². The molecule has 4 aromatic rings. The lowest BCUT2D eigenvalue weighted by atomic mass is 10.1. The van der Waals surface area contributed by atoms with E-state index in [2.05, 4.69) is 22.4 Å². The number of nitrogens with zero attached hydrogens (tertiary/aromatic N) is 1. The van der Waals surface area contributed by atoms with Gasteiger partial charge in [0.15, 0.2) is 0 Å². The first kappa shape index (κ1) is 16.3. The fraction of sp³-hybridized carbons (Fsp3) is 0.0476. The number of anilines is 2. The number of hydrogen-bond acceptors (Lipinski definition) is 5. The number of ketones is 1. The number of nitrogens with one attached hydrogen (secondary N) is 1. The number of nitrogen functional groups attached to an aromatic ring is 1. The Morgan fingerprint density at radius 3 is 2.42 bits per heavy atom. The summed E-state index contributed by atoms with van der Waals surface area (Å²) in [5.41, 5.74) is 9.54. The Hall–Kier alpha value is -3.18. The Morgan fingerprint density at radius 2 is 1.69 bits per heavy atom. The van der Waals surface area contributed by atoms with Crippen molar-refractivity contribution in [2.24, 2.45) is 0 Å². The van der Waals surface area contributed by atoms with E-state index in [-0.39, 0.29) is 5.78 Å². The van der Waals surface area contributed by atoms with Gasteiger partial charge in [-0.3, -0.25) is 4.79 Å². The second-order valence-electron chi connectivity index (χ2n) is 5.92. The molecule has 0 fully saturated rings. The molecule has 0 bridgehead atoms. The average molecular weight is 359 g/mol. The molecule has 2 aromatic carbocycles. The highest BCUT2D eigenvalue weighted by atomic mass is 32.1. The maximum Gasteiger partial charge on any atom is 0.205 e. The standard InChI is InChI=1S/C21H17N3OS/c22-18-17-16(24-13-14-7-3-1-4-8-14)11-12-23-21(17)26-20(18)19(25)15-9-5-2-6-10-15/h1-12H,13,22H2,(H,23,24). The first-order valence-electron chi connectivity index (χ1n) is 8.28. The number of benzene rings is 2. The molecule has 0 unspecified atom stereocenters. The fourth-order valence-electron chi connectivity index (χ4n) is 2.88. The first-order chi connectivity index (χ1) is 12.7. The Labute approximate surface area is 155 Å². The summed E-state index contributed by atoms with van der Waals surface area (Å²) in [6.45, 7) is 0.678. The van der Waals surface area contributed by atoms with Crippen LogP contribution in [-0.4, -0.2) is 10.8 Å². The van der Waals surface area contributed by atoms with Gasteiger partial charge < -0.3 is 11.1 Å². The number of rotatable bonds is 5. The van der Waals surface area contributed by atoms with Gasteiger partial charge in [-0.2, -0.15) is 0 Å². The van der Waals surface area contributed by atoms with Gasteiger partial charge in [0, 0.05) is 24.0 Å². The first-order valence-corrected chi connectivity index (χ1v) is 9.10. The Kier molecular flexibility index (Phi) is 4.37. The van der Waals surface area contributed by atoms with Gasteiger partial charge in [0.2, 0.25) is 5.78 Å². The van der Waals surface area contributed by atoms with Gasteiger partial charge in [-0.15, -0.1) is 11.3 Å². The van der Waals surface area contributed by atoms with Crippen LogP contribution in [-0.2, 0) is 6.54 Å². The molecule has 3 N–H and O–H groups in total. The number of thiophene rings is 1. The lowest BCUT2D eigenvalue weighted by Gasteiger charge is -2.08. The largest absolute Gasteiger partial charge is 0.397 e. The van der Waals surface area contributed by atoms with E-state index in [1.54, 1.807) is 18.3 Å². The van der Waals surface area contributed by atoms with Crippen LogP contribution in [0.15, 0.2) is 72.9 Å². The molecule has 5 heteroatoms. The van der Waals surface area contributed by atoms with Gasteiger partial charge in [0.05, 0.1) is 11.1 Å². The number of fused-ring (bicyclic) bond motifs is 1. The predicted molar refractivity (Wildman–Crippen MR) is 108 cm³/mol. The number of hydrogen-bond donors (Lipinski definition) is 2. The van der Waals surface area contributed by atoms with Crippen molar-refractivity contribution >= 4 is 38.7 Å². The molecular formula is C21H17N3OS. The van der Waals surface area contributed by atoms with E-state index in [1.807, 2.05) is 42.5 Å². The summed E-state index contributed by atoms with van der Waals surface area (Å²) >= 11 is 1.34. The quantitative estimate of drug-likeness (QED) is 0.506. The summed E-state index contributed by atoms with van der Waals surface area (Å²) in [7, 11) is 0. The second kappa shape index (κ2) is 6.98. The zero-order valence-electron chi connectivity index (χ0n) is 14.0. The maximum absolute atomic E-state index is 12.8. The van der Waals surface area contributed by atoms with Crippen LogP contribution in [0, 0.1) is 0 Å². The van der Waals surface area contributed by atoms with E-state index < -0.39 is 0 Å². The van der Waals surface area contributed by atoms with Crippen molar-refractivity contribution in [1.82, 2.24) is 4.98 Å². The van der Waals surface area contributed by atoms with E-state index in [0.717, 1.165) is 15.9 Å². The molecule has 0 radical (unpaired) electrons. The third-order valence-electron chi connectivity index (χ3n) is 4.20. The summed E-state index contributed by atoms with van der Waals surface area (Å²) in [5, 5.41) is 4.22. The van der Waals surface area contributed by atoms with E-state index in [0.29, 0.717) is 22.7 Å². The molecule has 0 aliphatic carbocycles. The van der Waals surface area contributed by atoms with Crippen molar-refractivity contribution in [3.8, 4) is 0 Å². The van der Waals surface area contributed by atoms with Crippen LogP contribution < -0.4 is 11.1 Å². The summed E-state index contributed by atoms with van der Waals surface area (Å²) in [6.07, 6.45) is 1.74. The number of pyridine rings is 1. The van der Waals surface area contributed by atoms with Gasteiger partial charge in [-0.1, -0.05) is 60.7 Å². The Morgan fingerprint density at radius 1 is 1.00 bits per heavy atom. The molecule has 0 aliphatic heterocycles. The third-order valence-corrected chi connectivity index (χ3v) is 5.31. The molecule has 0 amide bonds. The molecule has 0 atom stereocenters. The maximum atomic E-state index is 12.8. The van der Waals surface area contributed by atoms with Crippen LogP contribution in [0.25, 0.3) is 10.2 Å². The summed E-state index contributed by atoms with van der Waals surface area (Å²) in [5.74, 6) is -0.0693. The summed E-state index contributed by atoms with van der Waals surface area (Å²) < 4.78 is 0. The van der Waals surface area contributed by atoms with Gasteiger partial charge in [0.1, 0.15) is 9.71 Å². The number of carbonyl (C=O) groups excluding carboxylic acids is 1. The molecule has 4 nitrogen and oxygen atoms in total. The average Bonchev–Trinajstić information content (AvgIpc) is 3.04. The highest BCUT2D eigenvalue weighted by Crippen LogP contribution is 2.38. The van der Waals surface area contributed by atoms with Gasteiger partial charge in [-0.25, -0.2) is 4.98 Å². The van der Waals surface area contributed by atoms with Crippen molar-refractivity contribution in [2.75, 3.05) is 11.1 Å². The number of nitrogens with two attached hydrogens (primary N) is 1. The zero-order valence-corrected chi connectivity index (χ0v) is 14.8. The van der Waals surface area contributed by atoms with Crippen molar-refractivity contribution in [3.63, 3.8) is 0 Å². The van der Waals surface area contributed by atoms with E-state index >= 15 is 0 Å². The molecule has 2 heterocycles. The highest BCUT2D eigenvalue weighted by molar-refractivity contribution is 7.21. The SMILES string of the molecule is Nc1c(C(=O)c2ccccc2)sc2nccc(NCc3ccccc3)c12. The normalized spacial score (nSPS) is 10.8. The van der Waals surface area contributed by atoms with Crippen molar-refractivity contribution in [2.45, 2.75) is 6.54 Å². The lowest BCUT2D eigenvalue weighted by molar-refractivity contribution is 0.104. The molecule has 128 valence electrons. The molecule has 2 aromatic heterocycles. The summed E-state index contributed by atoms with van der Waals surface area (Å²) in [6, 6.07) is 21.2. The molecule has 0 spiro atoms. The highest BCUT2D eigenvalue weighted by Gasteiger charge is 2.20. The van der Waals surface area contributed by atoms with E-state index in [9.17, 15) is 4.79 Å². The van der Waals surface area contributed by atoms with Crippen molar-refractivity contribution in [1.29, 1.82) is 0 Å². The molecule has 4 rings (SSSR count). The lowest BCUT2D eigenvalue weighted by Crippen LogP contribution is -2.03. The minimum absolute atomic E-state index is 0.0693.